The Balaban J connectivity index is 2.66. The van der Waals surface area contributed by atoms with Crippen molar-refractivity contribution in [3.8, 4) is 0 Å². The normalized spacial score (nSPS) is 28.1. The molecular formula is C10H14F2O2. The third kappa shape index (κ3) is 1.94. The van der Waals surface area contributed by atoms with Crippen LogP contribution in [0.15, 0.2) is 12.2 Å². The lowest BCUT2D eigenvalue weighted by Gasteiger charge is -2.01. The first-order valence-electron chi connectivity index (χ1n) is 4.60. The molecule has 14 heavy (non-hydrogen) atoms. The Morgan fingerprint density at radius 2 is 2.07 bits per heavy atom. The van der Waals surface area contributed by atoms with Crippen molar-refractivity contribution in [1.82, 2.24) is 0 Å². The summed E-state index contributed by atoms with van der Waals surface area (Å²) in [4.78, 5) is 11.3. The van der Waals surface area contributed by atoms with E-state index in [1.807, 2.05) is 0 Å². The smallest absolute Gasteiger partial charge is 0.310 e. The number of carbonyl (C=O) groups is 1. The van der Waals surface area contributed by atoms with E-state index in [1.165, 1.54) is 0 Å². The molecule has 2 nitrogen and oxygen atoms in total. The van der Waals surface area contributed by atoms with E-state index < -0.39 is 17.4 Å². The van der Waals surface area contributed by atoms with Crippen molar-refractivity contribution in [2.45, 2.75) is 20.8 Å². The van der Waals surface area contributed by atoms with Crippen LogP contribution >= 0.6 is 0 Å². The summed E-state index contributed by atoms with van der Waals surface area (Å²) in [5, 5.41) is 0. The molecule has 1 rings (SSSR count). The van der Waals surface area contributed by atoms with Crippen molar-refractivity contribution in [3.05, 3.63) is 12.2 Å². The van der Waals surface area contributed by atoms with Gasteiger partial charge in [0.2, 0.25) is 0 Å². The second-order valence-electron chi connectivity index (χ2n) is 4.03. The molecule has 2 atom stereocenters. The van der Waals surface area contributed by atoms with Gasteiger partial charge in [-0.1, -0.05) is 13.8 Å². The molecule has 0 unspecified atom stereocenters. The molecule has 4 heteroatoms. The lowest BCUT2D eigenvalue weighted by molar-refractivity contribution is -0.145. The average molecular weight is 204 g/mol. The Kier molecular flexibility index (Phi) is 2.92. The van der Waals surface area contributed by atoms with Crippen molar-refractivity contribution in [2.75, 3.05) is 6.61 Å². The summed E-state index contributed by atoms with van der Waals surface area (Å²) in [5.74, 6) is -1.17. The molecule has 80 valence electrons. The molecule has 0 heterocycles. The van der Waals surface area contributed by atoms with Crippen LogP contribution in [-0.2, 0) is 9.53 Å². The number of esters is 1. The zero-order valence-corrected chi connectivity index (χ0v) is 8.51. The molecule has 1 saturated carbocycles. The van der Waals surface area contributed by atoms with Crippen LogP contribution in [0.3, 0.4) is 0 Å². The summed E-state index contributed by atoms with van der Waals surface area (Å²) < 4.78 is 28.8. The lowest BCUT2D eigenvalue weighted by atomic mass is 10.1. The van der Waals surface area contributed by atoms with Gasteiger partial charge in [0.05, 0.1) is 12.5 Å². The van der Waals surface area contributed by atoms with E-state index in [9.17, 15) is 13.6 Å². The number of ether oxygens (including phenoxy) is 1. The summed E-state index contributed by atoms with van der Waals surface area (Å²) in [6, 6.07) is 0. The van der Waals surface area contributed by atoms with Crippen LogP contribution in [0, 0.1) is 17.3 Å². The SMILES string of the molecule is CCOC(=O)[C@@H]1[C@@H](C=C(F)F)C1(C)C. The molecule has 1 aliphatic carbocycles. The second kappa shape index (κ2) is 3.67. The van der Waals surface area contributed by atoms with Gasteiger partial charge in [0.1, 0.15) is 0 Å². The van der Waals surface area contributed by atoms with Gasteiger partial charge in [0.25, 0.3) is 6.08 Å². The molecule has 0 spiro atoms. The van der Waals surface area contributed by atoms with Crippen LogP contribution in [-0.4, -0.2) is 12.6 Å². The Morgan fingerprint density at radius 3 is 2.50 bits per heavy atom. The molecule has 0 amide bonds. The van der Waals surface area contributed by atoms with E-state index in [0.29, 0.717) is 6.61 Å². The maximum Gasteiger partial charge on any atom is 0.310 e. The fourth-order valence-corrected chi connectivity index (χ4v) is 1.81. The second-order valence-corrected chi connectivity index (χ2v) is 4.03. The monoisotopic (exact) mass is 204 g/mol. The number of hydrogen-bond donors (Lipinski definition) is 0. The van der Waals surface area contributed by atoms with Crippen LogP contribution in [0.25, 0.3) is 0 Å². The van der Waals surface area contributed by atoms with Gasteiger partial charge < -0.3 is 4.74 Å². The van der Waals surface area contributed by atoms with Gasteiger partial charge in [-0.3, -0.25) is 4.79 Å². The first-order chi connectivity index (χ1) is 6.41. The van der Waals surface area contributed by atoms with Crippen LogP contribution in [0.4, 0.5) is 8.78 Å². The first-order valence-corrected chi connectivity index (χ1v) is 4.60. The van der Waals surface area contributed by atoms with E-state index in [-0.39, 0.29) is 11.9 Å². The van der Waals surface area contributed by atoms with E-state index >= 15 is 0 Å². The van der Waals surface area contributed by atoms with Crippen molar-refractivity contribution in [1.29, 1.82) is 0 Å². The highest BCUT2D eigenvalue weighted by Crippen LogP contribution is 2.59. The predicted octanol–water partition coefficient (Wildman–Crippen LogP) is 2.60. The molecular weight excluding hydrogens is 190 g/mol. The third-order valence-electron chi connectivity index (χ3n) is 2.76. The minimum Gasteiger partial charge on any atom is -0.466 e. The Hall–Kier alpha value is -0.930. The topological polar surface area (TPSA) is 26.3 Å². The predicted molar refractivity (Wildman–Crippen MR) is 47.7 cm³/mol. The molecule has 1 aliphatic rings. The summed E-state index contributed by atoms with van der Waals surface area (Å²) in [6.07, 6.45) is -0.878. The Morgan fingerprint density at radius 1 is 1.50 bits per heavy atom. The number of hydrogen-bond acceptors (Lipinski definition) is 2. The minimum absolute atomic E-state index is 0.292. The van der Waals surface area contributed by atoms with E-state index in [0.717, 1.165) is 6.08 Å². The van der Waals surface area contributed by atoms with Gasteiger partial charge in [0, 0.05) is 5.92 Å². The first kappa shape index (κ1) is 11.1. The molecule has 0 bridgehead atoms. The van der Waals surface area contributed by atoms with Crippen molar-refractivity contribution in [3.63, 3.8) is 0 Å². The van der Waals surface area contributed by atoms with E-state index in [4.69, 9.17) is 4.74 Å². The van der Waals surface area contributed by atoms with Gasteiger partial charge >= 0.3 is 5.97 Å². The summed E-state index contributed by atoms with van der Waals surface area (Å²) >= 11 is 0. The summed E-state index contributed by atoms with van der Waals surface area (Å²) in [7, 11) is 0. The van der Waals surface area contributed by atoms with Crippen LogP contribution in [0.1, 0.15) is 20.8 Å². The minimum atomic E-state index is -1.73. The third-order valence-corrected chi connectivity index (χ3v) is 2.76. The fourth-order valence-electron chi connectivity index (χ4n) is 1.81. The zero-order chi connectivity index (χ0) is 10.9. The lowest BCUT2D eigenvalue weighted by Crippen LogP contribution is -2.10. The van der Waals surface area contributed by atoms with Crippen LogP contribution < -0.4 is 0 Å². The molecule has 0 aromatic carbocycles. The number of rotatable bonds is 3. The molecule has 1 fully saturated rings. The van der Waals surface area contributed by atoms with Crippen molar-refractivity contribution in [2.24, 2.45) is 17.3 Å². The Labute approximate surface area is 81.9 Å². The van der Waals surface area contributed by atoms with Gasteiger partial charge in [-0.2, -0.15) is 8.78 Å². The summed E-state index contributed by atoms with van der Waals surface area (Å²) in [5.41, 5.74) is -0.393. The quantitative estimate of drug-likeness (QED) is 0.660. The average Bonchev–Trinajstić information content (AvgIpc) is 2.52. The van der Waals surface area contributed by atoms with Crippen LogP contribution in [0.5, 0.6) is 0 Å². The van der Waals surface area contributed by atoms with Crippen molar-refractivity contribution >= 4 is 5.97 Å². The van der Waals surface area contributed by atoms with Crippen molar-refractivity contribution < 1.29 is 18.3 Å². The van der Waals surface area contributed by atoms with Gasteiger partial charge in [-0.05, 0) is 18.4 Å². The van der Waals surface area contributed by atoms with Gasteiger partial charge in [0.15, 0.2) is 0 Å². The highest BCUT2D eigenvalue weighted by molar-refractivity contribution is 5.78. The molecule has 0 radical (unpaired) electrons. The van der Waals surface area contributed by atoms with E-state index in [1.54, 1.807) is 20.8 Å². The summed E-state index contributed by atoms with van der Waals surface area (Å²) in [6.45, 7) is 5.57. The standard InChI is InChI=1S/C10H14F2O2/c1-4-14-9(13)8-6(5-7(11)12)10(8,2)3/h5-6,8H,4H2,1-3H3/t6-,8+/m1/s1. The van der Waals surface area contributed by atoms with Gasteiger partial charge in [-0.15, -0.1) is 0 Å². The number of allylic oxidation sites excluding steroid dienone is 1. The van der Waals surface area contributed by atoms with Crippen LogP contribution in [0.2, 0.25) is 0 Å². The van der Waals surface area contributed by atoms with E-state index in [2.05, 4.69) is 0 Å². The maximum atomic E-state index is 12.0. The highest BCUT2D eigenvalue weighted by atomic mass is 19.3. The fraction of sp³-hybridized carbons (Fsp3) is 0.700. The number of carbonyl (C=O) groups excluding carboxylic acids is 1. The highest BCUT2D eigenvalue weighted by Gasteiger charge is 2.61. The van der Waals surface area contributed by atoms with Gasteiger partial charge in [-0.25, -0.2) is 0 Å². The Bertz CT molecular complexity index is 267. The molecule has 0 aromatic rings. The molecule has 0 N–H and O–H groups in total. The molecule has 0 aliphatic heterocycles. The molecule has 0 saturated heterocycles. The molecule has 0 aromatic heterocycles. The number of halogens is 2. The maximum absolute atomic E-state index is 12.0. The zero-order valence-electron chi connectivity index (χ0n) is 8.51. The largest absolute Gasteiger partial charge is 0.466 e.